The van der Waals surface area contributed by atoms with Crippen molar-refractivity contribution < 1.29 is 13.2 Å². The average Bonchev–Trinajstić information content (AvgIpc) is 2.65. The summed E-state index contributed by atoms with van der Waals surface area (Å²) in [6.07, 6.45) is 1.12. The van der Waals surface area contributed by atoms with Gasteiger partial charge in [-0.25, -0.2) is 8.42 Å². The van der Waals surface area contributed by atoms with Crippen LogP contribution in [-0.4, -0.2) is 27.1 Å². The van der Waals surface area contributed by atoms with Gasteiger partial charge in [0.1, 0.15) is 6.54 Å². The number of amides is 1. The molecule has 0 fully saturated rings. The number of carbonyl (C=O) groups is 1. The molecule has 5 nitrogen and oxygen atoms in total. The van der Waals surface area contributed by atoms with Crippen molar-refractivity contribution in [1.82, 2.24) is 5.32 Å². The van der Waals surface area contributed by atoms with Crippen LogP contribution in [0.15, 0.2) is 66.7 Å². The molecule has 0 aliphatic heterocycles. The van der Waals surface area contributed by atoms with Crippen LogP contribution in [0.5, 0.6) is 0 Å². The Morgan fingerprint density at radius 3 is 2.32 bits per heavy atom. The Bertz CT molecular complexity index is 1090. The summed E-state index contributed by atoms with van der Waals surface area (Å²) >= 11 is 0. The Morgan fingerprint density at radius 2 is 1.64 bits per heavy atom. The van der Waals surface area contributed by atoms with E-state index >= 15 is 0 Å². The van der Waals surface area contributed by atoms with E-state index in [0.29, 0.717) is 5.69 Å². The van der Waals surface area contributed by atoms with Crippen LogP contribution < -0.4 is 9.62 Å². The maximum atomic E-state index is 12.6. The number of fused-ring (bicyclic) bond motifs is 1. The van der Waals surface area contributed by atoms with E-state index in [0.717, 1.165) is 32.5 Å². The third-order valence-electron chi connectivity index (χ3n) is 4.68. The third-order valence-corrected chi connectivity index (χ3v) is 5.80. The predicted octanol–water partition coefficient (Wildman–Crippen LogP) is 3.79. The number of sulfonamides is 1. The van der Waals surface area contributed by atoms with Crippen molar-refractivity contribution in [2.45, 2.75) is 19.9 Å². The maximum Gasteiger partial charge on any atom is 0.241 e. The fraction of sp³-hybridized carbons (Fsp3) is 0.227. The topological polar surface area (TPSA) is 66.5 Å². The van der Waals surface area contributed by atoms with Crippen LogP contribution in [-0.2, 0) is 14.8 Å². The van der Waals surface area contributed by atoms with E-state index in [1.54, 1.807) is 12.1 Å². The summed E-state index contributed by atoms with van der Waals surface area (Å²) in [5.41, 5.74) is 2.61. The van der Waals surface area contributed by atoms with Gasteiger partial charge in [0.15, 0.2) is 0 Å². The van der Waals surface area contributed by atoms with Crippen LogP contribution in [0, 0.1) is 6.92 Å². The molecule has 1 N–H and O–H groups in total. The normalized spacial score (nSPS) is 12.5. The van der Waals surface area contributed by atoms with Gasteiger partial charge in [-0.15, -0.1) is 0 Å². The highest BCUT2D eigenvalue weighted by atomic mass is 32.2. The predicted molar refractivity (Wildman–Crippen MR) is 114 cm³/mol. The third kappa shape index (κ3) is 4.51. The molecule has 0 aliphatic rings. The van der Waals surface area contributed by atoms with E-state index in [4.69, 9.17) is 0 Å². The fourth-order valence-corrected chi connectivity index (χ4v) is 4.03. The van der Waals surface area contributed by atoms with Crippen molar-refractivity contribution in [3.63, 3.8) is 0 Å². The molecule has 3 aromatic rings. The lowest BCUT2D eigenvalue weighted by molar-refractivity contribution is -0.120. The fourth-order valence-electron chi connectivity index (χ4n) is 3.16. The Labute approximate surface area is 166 Å². The molecule has 1 amide bonds. The Hall–Kier alpha value is -2.86. The SMILES string of the molecule is Cc1ccc(C(C)NC(=O)CN(c2cccc3ccccc23)S(C)(=O)=O)cc1. The van der Waals surface area contributed by atoms with Gasteiger partial charge in [-0.3, -0.25) is 9.10 Å². The van der Waals surface area contributed by atoms with Crippen molar-refractivity contribution in [3.8, 4) is 0 Å². The first-order valence-corrected chi connectivity index (χ1v) is 10.9. The monoisotopic (exact) mass is 396 g/mol. The zero-order chi connectivity index (χ0) is 20.3. The van der Waals surface area contributed by atoms with Crippen molar-refractivity contribution in [1.29, 1.82) is 0 Å². The number of nitrogens with one attached hydrogen (secondary N) is 1. The molecule has 1 unspecified atom stereocenters. The minimum Gasteiger partial charge on any atom is -0.348 e. The lowest BCUT2D eigenvalue weighted by atomic mass is 10.1. The Kier molecular flexibility index (Phi) is 5.70. The summed E-state index contributed by atoms with van der Waals surface area (Å²) < 4.78 is 26.1. The zero-order valence-electron chi connectivity index (χ0n) is 16.2. The van der Waals surface area contributed by atoms with Crippen molar-refractivity contribution in [2.24, 2.45) is 0 Å². The maximum absolute atomic E-state index is 12.6. The summed E-state index contributed by atoms with van der Waals surface area (Å²) in [7, 11) is -3.64. The molecule has 146 valence electrons. The quantitative estimate of drug-likeness (QED) is 0.689. The lowest BCUT2D eigenvalue weighted by Gasteiger charge is -2.24. The summed E-state index contributed by atoms with van der Waals surface area (Å²) in [5.74, 6) is -0.355. The van der Waals surface area contributed by atoms with Gasteiger partial charge in [0.25, 0.3) is 0 Å². The number of anilines is 1. The second-order valence-corrected chi connectivity index (χ2v) is 8.87. The number of hydrogen-bond donors (Lipinski definition) is 1. The van der Waals surface area contributed by atoms with Crippen LogP contribution in [0.1, 0.15) is 24.1 Å². The van der Waals surface area contributed by atoms with Gasteiger partial charge in [-0.1, -0.05) is 66.2 Å². The van der Waals surface area contributed by atoms with Gasteiger partial charge in [0, 0.05) is 5.39 Å². The highest BCUT2D eigenvalue weighted by molar-refractivity contribution is 7.92. The van der Waals surface area contributed by atoms with E-state index in [-0.39, 0.29) is 18.5 Å². The minimum absolute atomic E-state index is 0.220. The first-order valence-electron chi connectivity index (χ1n) is 9.07. The van der Waals surface area contributed by atoms with Gasteiger partial charge in [0.2, 0.25) is 15.9 Å². The van der Waals surface area contributed by atoms with E-state index in [9.17, 15) is 13.2 Å². The van der Waals surface area contributed by atoms with E-state index in [1.165, 1.54) is 0 Å². The lowest BCUT2D eigenvalue weighted by Crippen LogP contribution is -2.41. The van der Waals surface area contributed by atoms with E-state index < -0.39 is 10.0 Å². The highest BCUT2D eigenvalue weighted by Gasteiger charge is 2.23. The van der Waals surface area contributed by atoms with E-state index in [2.05, 4.69) is 5.32 Å². The Morgan fingerprint density at radius 1 is 1.00 bits per heavy atom. The second kappa shape index (κ2) is 8.02. The zero-order valence-corrected chi connectivity index (χ0v) is 17.0. The number of hydrogen-bond acceptors (Lipinski definition) is 3. The molecular weight excluding hydrogens is 372 g/mol. The number of nitrogens with zero attached hydrogens (tertiary/aromatic N) is 1. The smallest absolute Gasteiger partial charge is 0.241 e. The highest BCUT2D eigenvalue weighted by Crippen LogP contribution is 2.28. The second-order valence-electron chi connectivity index (χ2n) is 6.97. The van der Waals surface area contributed by atoms with Crippen LogP contribution in [0.4, 0.5) is 5.69 Å². The standard InChI is InChI=1S/C22H24N2O3S/c1-16-11-13-18(14-12-16)17(2)23-22(25)15-24(28(3,26)27)21-10-6-8-19-7-4-5-9-20(19)21/h4-14,17H,15H2,1-3H3,(H,23,25). The molecule has 0 saturated carbocycles. The van der Waals surface area contributed by atoms with Crippen molar-refractivity contribution >= 4 is 32.4 Å². The van der Waals surface area contributed by atoms with Crippen LogP contribution in [0.3, 0.4) is 0 Å². The molecule has 28 heavy (non-hydrogen) atoms. The first kappa shape index (κ1) is 19.9. The van der Waals surface area contributed by atoms with E-state index in [1.807, 2.05) is 68.4 Å². The van der Waals surface area contributed by atoms with Gasteiger partial charge in [0.05, 0.1) is 18.0 Å². The molecule has 0 aliphatic carbocycles. The van der Waals surface area contributed by atoms with Crippen LogP contribution in [0.2, 0.25) is 0 Å². The molecule has 3 aromatic carbocycles. The molecule has 0 spiro atoms. The Balaban J connectivity index is 1.85. The van der Waals surface area contributed by atoms with Gasteiger partial charge in [-0.05, 0) is 30.9 Å². The van der Waals surface area contributed by atoms with Crippen LogP contribution >= 0.6 is 0 Å². The molecule has 0 heterocycles. The molecule has 0 bridgehead atoms. The first-order chi connectivity index (χ1) is 13.3. The molecular formula is C22H24N2O3S. The number of carbonyl (C=O) groups excluding carboxylic acids is 1. The molecule has 0 saturated heterocycles. The summed E-state index contributed by atoms with van der Waals surface area (Å²) in [5, 5.41) is 4.60. The largest absolute Gasteiger partial charge is 0.348 e. The summed E-state index contributed by atoms with van der Waals surface area (Å²) in [6.45, 7) is 3.61. The van der Waals surface area contributed by atoms with Crippen molar-refractivity contribution in [2.75, 3.05) is 17.1 Å². The molecule has 1 atom stereocenters. The summed E-state index contributed by atoms with van der Waals surface area (Å²) in [6, 6.07) is 20.6. The van der Waals surface area contributed by atoms with Crippen LogP contribution in [0.25, 0.3) is 10.8 Å². The molecule has 3 rings (SSSR count). The molecule has 0 aromatic heterocycles. The van der Waals surface area contributed by atoms with Gasteiger partial charge < -0.3 is 5.32 Å². The summed E-state index contributed by atoms with van der Waals surface area (Å²) in [4.78, 5) is 12.6. The minimum atomic E-state index is -3.64. The molecule has 6 heteroatoms. The molecule has 0 radical (unpaired) electrons. The number of benzene rings is 3. The average molecular weight is 397 g/mol. The van der Waals surface area contributed by atoms with Gasteiger partial charge in [-0.2, -0.15) is 0 Å². The van der Waals surface area contributed by atoms with Crippen molar-refractivity contribution in [3.05, 3.63) is 77.9 Å². The number of rotatable bonds is 6. The van der Waals surface area contributed by atoms with Gasteiger partial charge >= 0.3 is 0 Å². The number of aryl methyl sites for hydroxylation is 1.